The van der Waals surface area contributed by atoms with Crippen LogP contribution in [0.15, 0.2) is 0 Å². The smallest absolute Gasteiger partial charge is 0.248 e. The van der Waals surface area contributed by atoms with Gasteiger partial charge in [0.15, 0.2) is 0 Å². The van der Waals surface area contributed by atoms with Crippen LogP contribution < -0.4 is 0 Å². The number of carbonyl (C=O) groups excluding carboxylic acids is 1. The molecule has 3 nitrogen and oxygen atoms in total. The van der Waals surface area contributed by atoms with Crippen molar-refractivity contribution in [2.45, 2.75) is 73.1 Å². The number of likely N-dealkylation sites (N-methyl/N-ethyl adjacent to an activating group) is 1. The molecule has 1 saturated carbocycles. The molecular formula is C17H37NO2. The molecule has 0 heterocycles. The number of hydrogen-bond donors (Lipinski definition) is 1. The lowest BCUT2D eigenvalue weighted by molar-refractivity contribution is -0.133. The van der Waals surface area contributed by atoms with Gasteiger partial charge in [0.1, 0.15) is 6.61 Å². The van der Waals surface area contributed by atoms with E-state index in [4.69, 9.17) is 5.11 Å². The van der Waals surface area contributed by atoms with Crippen LogP contribution >= 0.6 is 0 Å². The highest BCUT2D eigenvalue weighted by Gasteiger charge is 2.22. The van der Waals surface area contributed by atoms with Crippen LogP contribution in [0, 0.1) is 11.8 Å². The Balaban J connectivity index is 0. The lowest BCUT2D eigenvalue weighted by Gasteiger charge is -2.31. The van der Waals surface area contributed by atoms with E-state index < -0.39 is 0 Å². The van der Waals surface area contributed by atoms with Crippen molar-refractivity contribution in [3.8, 4) is 0 Å². The maximum atomic E-state index is 11.2. The summed E-state index contributed by atoms with van der Waals surface area (Å²) in [5.74, 6) is 1.41. The Morgan fingerprint density at radius 1 is 1.05 bits per heavy atom. The van der Waals surface area contributed by atoms with Gasteiger partial charge in [0.05, 0.1) is 0 Å². The molecule has 1 fully saturated rings. The quantitative estimate of drug-likeness (QED) is 0.827. The van der Waals surface area contributed by atoms with E-state index in [0.29, 0.717) is 5.92 Å². The van der Waals surface area contributed by atoms with Crippen molar-refractivity contribution < 1.29 is 9.90 Å². The molecule has 0 aliphatic heterocycles. The van der Waals surface area contributed by atoms with Crippen LogP contribution in [-0.2, 0) is 4.79 Å². The second kappa shape index (κ2) is 14.8. The Morgan fingerprint density at radius 2 is 1.50 bits per heavy atom. The maximum absolute atomic E-state index is 11.2. The summed E-state index contributed by atoms with van der Waals surface area (Å²) in [5, 5.41) is 8.76. The minimum atomic E-state index is -0.359. The van der Waals surface area contributed by atoms with Gasteiger partial charge < -0.3 is 10.0 Å². The summed E-state index contributed by atoms with van der Waals surface area (Å²) in [6.07, 6.45) is 7.77. The van der Waals surface area contributed by atoms with Gasteiger partial charge in [-0.15, -0.1) is 0 Å². The first-order valence-electron chi connectivity index (χ1n) is 8.52. The molecular weight excluding hydrogens is 250 g/mol. The molecule has 0 aromatic heterocycles. The molecule has 1 amide bonds. The molecule has 20 heavy (non-hydrogen) atoms. The summed E-state index contributed by atoms with van der Waals surface area (Å²) in [5.41, 5.74) is 0. The first-order valence-corrected chi connectivity index (χ1v) is 8.52. The van der Waals surface area contributed by atoms with Gasteiger partial charge in [0.25, 0.3) is 0 Å². The molecule has 0 saturated heterocycles. The van der Waals surface area contributed by atoms with E-state index in [0.717, 1.165) is 12.5 Å². The van der Waals surface area contributed by atoms with Crippen LogP contribution in [-0.4, -0.2) is 36.1 Å². The zero-order valence-electron chi connectivity index (χ0n) is 14.6. The standard InChI is InChI=1S/C13H25NO2.2C2H6/c1-3-4-11-5-7-12(8-6-11)9-14(2)13(16)10-15;2*1-2/h11-12,15H,3-10H2,1-2H3;2*1-2H3. The summed E-state index contributed by atoms with van der Waals surface area (Å²) in [7, 11) is 1.79. The van der Waals surface area contributed by atoms with Gasteiger partial charge in [0, 0.05) is 13.6 Å². The zero-order valence-corrected chi connectivity index (χ0v) is 14.6. The second-order valence-corrected chi connectivity index (χ2v) is 5.11. The van der Waals surface area contributed by atoms with Gasteiger partial charge in [-0.1, -0.05) is 60.3 Å². The third-order valence-corrected chi connectivity index (χ3v) is 3.76. The first-order chi connectivity index (χ1) is 9.67. The molecule has 0 atom stereocenters. The Bertz CT molecular complexity index is 211. The van der Waals surface area contributed by atoms with Crippen LogP contribution in [0.25, 0.3) is 0 Å². The van der Waals surface area contributed by atoms with E-state index in [1.165, 1.54) is 38.5 Å². The highest BCUT2D eigenvalue weighted by molar-refractivity contribution is 5.76. The van der Waals surface area contributed by atoms with Crippen LogP contribution in [0.2, 0.25) is 0 Å². The topological polar surface area (TPSA) is 40.5 Å². The summed E-state index contributed by atoms with van der Waals surface area (Å²) in [6, 6.07) is 0. The maximum Gasteiger partial charge on any atom is 0.248 e. The van der Waals surface area contributed by atoms with Gasteiger partial charge in [-0.2, -0.15) is 0 Å². The van der Waals surface area contributed by atoms with Crippen molar-refractivity contribution in [1.29, 1.82) is 0 Å². The third kappa shape index (κ3) is 9.35. The van der Waals surface area contributed by atoms with Crippen LogP contribution in [0.3, 0.4) is 0 Å². The molecule has 0 aromatic rings. The second-order valence-electron chi connectivity index (χ2n) is 5.11. The van der Waals surface area contributed by atoms with Gasteiger partial charge in [-0.25, -0.2) is 0 Å². The molecule has 0 unspecified atom stereocenters. The minimum absolute atomic E-state index is 0.157. The predicted octanol–water partition coefficient (Wildman–Crippen LogP) is 4.10. The summed E-state index contributed by atoms with van der Waals surface area (Å²) in [4.78, 5) is 12.9. The number of amides is 1. The van der Waals surface area contributed by atoms with Crippen molar-refractivity contribution in [3.63, 3.8) is 0 Å². The Morgan fingerprint density at radius 3 is 1.90 bits per heavy atom. The van der Waals surface area contributed by atoms with Gasteiger partial charge in [-0.05, 0) is 24.7 Å². The van der Waals surface area contributed by atoms with Crippen molar-refractivity contribution in [2.24, 2.45) is 11.8 Å². The molecule has 122 valence electrons. The molecule has 1 rings (SSSR count). The summed E-state index contributed by atoms with van der Waals surface area (Å²) in [6.45, 7) is 10.7. The fourth-order valence-electron chi connectivity index (χ4n) is 2.72. The normalized spacial score (nSPS) is 20.9. The molecule has 1 N–H and O–H groups in total. The van der Waals surface area contributed by atoms with Crippen LogP contribution in [0.5, 0.6) is 0 Å². The molecule has 0 spiro atoms. The minimum Gasteiger partial charge on any atom is -0.387 e. The number of aliphatic hydroxyl groups is 1. The average molecular weight is 287 g/mol. The highest BCUT2D eigenvalue weighted by Crippen LogP contribution is 2.31. The monoisotopic (exact) mass is 287 g/mol. The largest absolute Gasteiger partial charge is 0.387 e. The first kappa shape index (κ1) is 21.7. The van der Waals surface area contributed by atoms with Gasteiger partial charge >= 0.3 is 0 Å². The van der Waals surface area contributed by atoms with E-state index in [2.05, 4.69) is 6.92 Å². The molecule has 1 aliphatic carbocycles. The molecule has 3 heteroatoms. The molecule has 0 radical (unpaired) electrons. The van der Waals surface area contributed by atoms with Crippen LogP contribution in [0.1, 0.15) is 73.1 Å². The predicted molar refractivity (Wildman–Crippen MR) is 87.8 cm³/mol. The SMILES string of the molecule is CC.CC.CCCC1CCC(CN(C)C(=O)CO)CC1. The zero-order chi connectivity index (χ0) is 16.0. The van der Waals surface area contributed by atoms with E-state index in [9.17, 15) is 4.79 Å². The lowest BCUT2D eigenvalue weighted by Crippen LogP contribution is -2.35. The fourth-order valence-corrected chi connectivity index (χ4v) is 2.72. The van der Waals surface area contributed by atoms with Gasteiger partial charge in [0.2, 0.25) is 5.91 Å². The van der Waals surface area contributed by atoms with E-state index >= 15 is 0 Å². The van der Waals surface area contributed by atoms with E-state index in [1.54, 1.807) is 11.9 Å². The summed E-state index contributed by atoms with van der Waals surface area (Å²) >= 11 is 0. The lowest BCUT2D eigenvalue weighted by atomic mass is 9.80. The number of hydrogen-bond acceptors (Lipinski definition) is 2. The van der Waals surface area contributed by atoms with E-state index in [-0.39, 0.29) is 12.5 Å². The summed E-state index contributed by atoms with van der Waals surface area (Å²) < 4.78 is 0. The average Bonchev–Trinajstić information content (AvgIpc) is 2.52. The fraction of sp³-hybridized carbons (Fsp3) is 0.941. The highest BCUT2D eigenvalue weighted by atomic mass is 16.3. The van der Waals surface area contributed by atoms with Gasteiger partial charge in [-0.3, -0.25) is 4.79 Å². The van der Waals surface area contributed by atoms with Crippen molar-refractivity contribution in [3.05, 3.63) is 0 Å². The van der Waals surface area contributed by atoms with Crippen molar-refractivity contribution >= 4 is 5.91 Å². The third-order valence-electron chi connectivity index (χ3n) is 3.76. The van der Waals surface area contributed by atoms with Crippen molar-refractivity contribution in [2.75, 3.05) is 20.2 Å². The van der Waals surface area contributed by atoms with Crippen molar-refractivity contribution in [1.82, 2.24) is 4.90 Å². The Hall–Kier alpha value is -0.570. The Labute approximate surface area is 126 Å². The number of rotatable bonds is 5. The Kier molecular flexibility index (Phi) is 16.1. The number of aliphatic hydroxyl groups excluding tert-OH is 1. The molecule has 0 bridgehead atoms. The number of nitrogens with zero attached hydrogens (tertiary/aromatic N) is 1. The van der Waals surface area contributed by atoms with E-state index in [1.807, 2.05) is 27.7 Å². The molecule has 1 aliphatic rings. The number of carbonyl (C=O) groups is 1. The van der Waals surface area contributed by atoms with Crippen LogP contribution in [0.4, 0.5) is 0 Å². The molecule has 0 aromatic carbocycles.